The van der Waals surface area contributed by atoms with E-state index in [9.17, 15) is 4.79 Å². The quantitative estimate of drug-likeness (QED) is 0.526. The van der Waals surface area contributed by atoms with Crippen molar-refractivity contribution in [2.24, 2.45) is 5.73 Å². The molecule has 0 saturated carbocycles. The van der Waals surface area contributed by atoms with Gasteiger partial charge in [-0.15, -0.1) is 5.10 Å². The van der Waals surface area contributed by atoms with Gasteiger partial charge in [-0.1, -0.05) is 6.07 Å². The summed E-state index contributed by atoms with van der Waals surface area (Å²) in [6, 6.07) is 13.4. The Morgan fingerprint density at radius 3 is 2.86 bits per heavy atom. The molecule has 0 aliphatic carbocycles. The van der Waals surface area contributed by atoms with Crippen LogP contribution in [0.2, 0.25) is 0 Å². The van der Waals surface area contributed by atoms with E-state index in [-0.39, 0.29) is 0 Å². The number of carbonyl (C=O) groups is 1. The van der Waals surface area contributed by atoms with Crippen LogP contribution in [-0.2, 0) is 0 Å². The van der Waals surface area contributed by atoms with Crippen molar-refractivity contribution in [1.29, 1.82) is 0 Å². The zero-order chi connectivity index (χ0) is 19.3. The van der Waals surface area contributed by atoms with Crippen LogP contribution in [0.5, 0.6) is 0 Å². The first kappa shape index (κ1) is 16.1. The maximum atomic E-state index is 11.7. The third kappa shape index (κ3) is 2.43. The van der Waals surface area contributed by atoms with E-state index in [1.807, 2.05) is 49.4 Å². The van der Waals surface area contributed by atoms with Crippen molar-refractivity contribution in [2.45, 2.75) is 6.92 Å². The van der Waals surface area contributed by atoms with E-state index in [1.165, 1.54) is 6.20 Å². The fourth-order valence-electron chi connectivity index (χ4n) is 3.33. The molecule has 28 heavy (non-hydrogen) atoms. The van der Waals surface area contributed by atoms with Crippen molar-refractivity contribution in [2.75, 3.05) is 0 Å². The fraction of sp³-hybridized carbons (Fsp3) is 0.0500. The smallest absolute Gasteiger partial charge is 0.252 e. The Morgan fingerprint density at radius 1 is 1.14 bits per heavy atom. The van der Waals surface area contributed by atoms with Gasteiger partial charge in [0.2, 0.25) is 0 Å². The molecule has 0 saturated heterocycles. The standard InChI is InChI=1S/C20H15N7O/c1-12-4-2-6-17(24-12)27-18(14-5-3-8-22-20(14)25-27)13-7-9-26-16(10-13)15(11-23-26)19(21)28/h2-11H,1H3,(H2,21,28). The van der Waals surface area contributed by atoms with E-state index in [4.69, 9.17) is 5.73 Å². The molecular formula is C20H15N7O. The molecule has 8 heteroatoms. The topological polar surface area (TPSA) is 104 Å². The minimum absolute atomic E-state index is 0.365. The number of fused-ring (bicyclic) bond motifs is 2. The van der Waals surface area contributed by atoms with Crippen LogP contribution in [-0.4, -0.2) is 35.3 Å². The Bertz CT molecular complexity index is 1370. The highest BCUT2D eigenvalue weighted by molar-refractivity contribution is 6.01. The maximum absolute atomic E-state index is 11.7. The second-order valence-electron chi connectivity index (χ2n) is 6.44. The number of pyridine rings is 3. The van der Waals surface area contributed by atoms with Crippen molar-refractivity contribution in [1.82, 2.24) is 29.4 Å². The van der Waals surface area contributed by atoms with Gasteiger partial charge in [0.25, 0.3) is 5.91 Å². The lowest BCUT2D eigenvalue weighted by Crippen LogP contribution is -2.10. The van der Waals surface area contributed by atoms with Gasteiger partial charge in [0.1, 0.15) is 0 Å². The predicted octanol–water partition coefficient (Wildman–Crippen LogP) is 2.54. The number of primary amides is 1. The Kier molecular flexibility index (Phi) is 3.45. The van der Waals surface area contributed by atoms with Crippen molar-refractivity contribution >= 4 is 22.5 Å². The van der Waals surface area contributed by atoms with Gasteiger partial charge in [-0.25, -0.2) is 19.2 Å². The molecule has 0 radical (unpaired) electrons. The number of amides is 1. The summed E-state index contributed by atoms with van der Waals surface area (Å²) in [5, 5.41) is 9.72. The van der Waals surface area contributed by atoms with E-state index >= 15 is 0 Å². The lowest BCUT2D eigenvalue weighted by atomic mass is 10.1. The van der Waals surface area contributed by atoms with Crippen LogP contribution in [0.3, 0.4) is 0 Å². The summed E-state index contributed by atoms with van der Waals surface area (Å²) in [6.07, 6.45) is 4.97. The van der Waals surface area contributed by atoms with Gasteiger partial charge in [-0.2, -0.15) is 5.10 Å². The summed E-state index contributed by atoms with van der Waals surface area (Å²) >= 11 is 0. The van der Waals surface area contributed by atoms with Gasteiger partial charge in [0.05, 0.1) is 23.0 Å². The summed E-state index contributed by atoms with van der Waals surface area (Å²) in [6.45, 7) is 1.93. The highest BCUT2D eigenvalue weighted by Crippen LogP contribution is 2.31. The maximum Gasteiger partial charge on any atom is 0.252 e. The zero-order valence-corrected chi connectivity index (χ0v) is 14.9. The van der Waals surface area contributed by atoms with Crippen LogP contribution in [0, 0.1) is 6.92 Å². The van der Waals surface area contributed by atoms with Gasteiger partial charge in [-0.05, 0) is 43.3 Å². The van der Waals surface area contributed by atoms with Crippen LogP contribution in [0.15, 0.2) is 61.1 Å². The number of hydrogen-bond acceptors (Lipinski definition) is 5. The van der Waals surface area contributed by atoms with Crippen molar-refractivity contribution in [3.63, 3.8) is 0 Å². The number of rotatable bonds is 3. The Morgan fingerprint density at radius 2 is 2.04 bits per heavy atom. The van der Waals surface area contributed by atoms with Gasteiger partial charge < -0.3 is 5.73 Å². The van der Waals surface area contributed by atoms with Crippen molar-refractivity contribution in [3.8, 4) is 17.1 Å². The molecule has 0 fully saturated rings. The number of nitrogens with two attached hydrogens (primary N) is 1. The molecule has 0 aromatic carbocycles. The van der Waals surface area contributed by atoms with Gasteiger partial charge in [0, 0.05) is 29.0 Å². The summed E-state index contributed by atoms with van der Waals surface area (Å²) < 4.78 is 3.40. The Balaban J connectivity index is 1.83. The second kappa shape index (κ2) is 5.98. The molecule has 5 rings (SSSR count). The van der Waals surface area contributed by atoms with Crippen LogP contribution < -0.4 is 5.73 Å². The Hall–Kier alpha value is -4.07. The molecule has 0 aliphatic heterocycles. The summed E-state index contributed by atoms with van der Waals surface area (Å²) in [5.41, 5.74) is 9.68. The molecule has 136 valence electrons. The highest BCUT2D eigenvalue weighted by atomic mass is 16.1. The molecule has 8 nitrogen and oxygen atoms in total. The molecule has 0 bridgehead atoms. The highest BCUT2D eigenvalue weighted by Gasteiger charge is 2.18. The van der Waals surface area contributed by atoms with Gasteiger partial charge in [-0.3, -0.25) is 4.79 Å². The molecular weight excluding hydrogens is 354 g/mol. The number of nitrogens with zero attached hydrogens (tertiary/aromatic N) is 6. The summed E-state index contributed by atoms with van der Waals surface area (Å²) in [7, 11) is 0. The zero-order valence-electron chi connectivity index (χ0n) is 14.9. The molecule has 0 spiro atoms. The first-order valence-electron chi connectivity index (χ1n) is 8.67. The second-order valence-corrected chi connectivity index (χ2v) is 6.44. The normalized spacial score (nSPS) is 11.3. The number of aromatic nitrogens is 6. The first-order valence-corrected chi connectivity index (χ1v) is 8.67. The fourth-order valence-corrected chi connectivity index (χ4v) is 3.33. The van der Waals surface area contributed by atoms with Crippen molar-refractivity contribution < 1.29 is 4.79 Å². The third-order valence-corrected chi connectivity index (χ3v) is 4.60. The molecule has 5 aromatic rings. The molecule has 5 aromatic heterocycles. The van der Waals surface area contributed by atoms with Gasteiger partial charge >= 0.3 is 0 Å². The molecule has 2 N–H and O–H groups in total. The molecule has 5 heterocycles. The van der Waals surface area contributed by atoms with E-state index < -0.39 is 5.91 Å². The molecule has 1 amide bonds. The SMILES string of the molecule is Cc1cccc(-n2nc3ncccc3c2-c2ccn3ncc(C(N)=O)c3c2)n1. The van der Waals surface area contributed by atoms with Gasteiger partial charge in [0.15, 0.2) is 11.5 Å². The first-order chi connectivity index (χ1) is 13.6. The predicted molar refractivity (Wildman–Crippen MR) is 104 cm³/mol. The number of hydrogen-bond donors (Lipinski definition) is 1. The third-order valence-electron chi connectivity index (χ3n) is 4.60. The minimum Gasteiger partial charge on any atom is -0.365 e. The summed E-state index contributed by atoms with van der Waals surface area (Å²) in [5.74, 6) is 0.170. The molecule has 0 atom stereocenters. The lowest BCUT2D eigenvalue weighted by molar-refractivity contribution is 0.100. The lowest BCUT2D eigenvalue weighted by Gasteiger charge is -2.08. The monoisotopic (exact) mass is 369 g/mol. The molecule has 0 aliphatic rings. The van der Waals surface area contributed by atoms with E-state index in [1.54, 1.807) is 21.6 Å². The summed E-state index contributed by atoms with van der Waals surface area (Å²) in [4.78, 5) is 20.7. The van der Waals surface area contributed by atoms with Crippen LogP contribution >= 0.6 is 0 Å². The van der Waals surface area contributed by atoms with E-state index in [0.717, 1.165) is 22.3 Å². The van der Waals surface area contributed by atoms with E-state index in [2.05, 4.69) is 20.2 Å². The van der Waals surface area contributed by atoms with E-state index in [0.29, 0.717) is 22.5 Å². The number of aryl methyl sites for hydroxylation is 1. The average Bonchev–Trinajstić information content (AvgIpc) is 3.29. The minimum atomic E-state index is -0.521. The largest absolute Gasteiger partial charge is 0.365 e. The van der Waals surface area contributed by atoms with Crippen molar-refractivity contribution in [3.05, 3.63) is 72.3 Å². The van der Waals surface area contributed by atoms with Crippen LogP contribution in [0.4, 0.5) is 0 Å². The van der Waals surface area contributed by atoms with Crippen LogP contribution in [0.1, 0.15) is 16.1 Å². The average molecular weight is 369 g/mol. The number of carbonyl (C=O) groups excluding carboxylic acids is 1. The van der Waals surface area contributed by atoms with Crippen LogP contribution in [0.25, 0.3) is 33.6 Å². The Labute approximate surface area is 159 Å². The molecule has 0 unspecified atom stereocenters.